The topological polar surface area (TPSA) is 265 Å². The van der Waals surface area contributed by atoms with Gasteiger partial charge in [-0.3, -0.25) is 29.1 Å². The molecule has 8 N–H and O–H groups in total. The lowest BCUT2D eigenvalue weighted by molar-refractivity contribution is -0.141. The Morgan fingerprint density at radius 3 is 1.72 bits per heavy atom. The van der Waals surface area contributed by atoms with E-state index in [0.717, 1.165) is 37.8 Å². The first-order valence-corrected chi connectivity index (χ1v) is 17.0. The van der Waals surface area contributed by atoms with Crippen molar-refractivity contribution >= 4 is 41.7 Å². The molecule has 0 aliphatic heterocycles. The van der Waals surface area contributed by atoms with Gasteiger partial charge in [-0.15, -0.1) is 0 Å². The molecule has 1 heterocycles. The standard InChI is InChI=1S/C33H52N6O11/c40-27(35-19-8-3-11-21-39(23-30(44)45)22-24-12-6-9-18-34-24)14-4-1-2-5-15-28(41)36-20-10-7-13-25(31(46)47)37-33(50)38-26(32(48)49)16-17-29(42)43/h6,9,12,18,25-26H,1-5,7-8,10-11,13-17,19-23H2,(H,35,40)(H,36,41)(H,42,43)(H,44,45)(H,46,47)(H,48,49)(H2,37,38,50). The number of aromatic nitrogens is 1. The molecule has 0 spiro atoms. The molecular weight excluding hydrogens is 656 g/mol. The van der Waals surface area contributed by atoms with Gasteiger partial charge in [0.05, 0.1) is 12.2 Å². The maximum atomic E-state index is 12.1. The van der Waals surface area contributed by atoms with Crippen LogP contribution in [0.25, 0.3) is 0 Å². The Morgan fingerprint density at radius 2 is 1.20 bits per heavy atom. The zero-order valence-electron chi connectivity index (χ0n) is 28.4. The van der Waals surface area contributed by atoms with Crippen LogP contribution in [-0.2, 0) is 35.3 Å². The van der Waals surface area contributed by atoms with Crippen LogP contribution in [0.15, 0.2) is 24.4 Å². The van der Waals surface area contributed by atoms with Gasteiger partial charge in [0.25, 0.3) is 0 Å². The van der Waals surface area contributed by atoms with Crippen molar-refractivity contribution in [1.82, 2.24) is 31.2 Å². The van der Waals surface area contributed by atoms with Gasteiger partial charge in [0.1, 0.15) is 12.1 Å². The van der Waals surface area contributed by atoms with Crippen molar-refractivity contribution in [2.75, 3.05) is 26.2 Å². The molecule has 1 aromatic heterocycles. The zero-order valence-corrected chi connectivity index (χ0v) is 28.4. The lowest BCUT2D eigenvalue weighted by Gasteiger charge is -2.19. The summed E-state index contributed by atoms with van der Waals surface area (Å²) in [5.41, 5.74) is 0.817. The molecule has 0 saturated heterocycles. The van der Waals surface area contributed by atoms with Crippen molar-refractivity contribution in [3.8, 4) is 0 Å². The second kappa shape index (κ2) is 26.1. The quantitative estimate of drug-likeness (QED) is 0.0554. The van der Waals surface area contributed by atoms with Gasteiger partial charge < -0.3 is 41.7 Å². The molecule has 50 heavy (non-hydrogen) atoms. The predicted molar refractivity (Wildman–Crippen MR) is 180 cm³/mol. The van der Waals surface area contributed by atoms with Crippen molar-refractivity contribution in [1.29, 1.82) is 0 Å². The third kappa shape index (κ3) is 22.7. The molecule has 0 aliphatic rings. The van der Waals surface area contributed by atoms with Crippen molar-refractivity contribution < 1.29 is 54.0 Å². The van der Waals surface area contributed by atoms with E-state index >= 15 is 0 Å². The number of carbonyl (C=O) groups excluding carboxylic acids is 3. The van der Waals surface area contributed by atoms with Crippen LogP contribution < -0.4 is 21.3 Å². The number of nitrogens with zero attached hydrogens (tertiary/aromatic N) is 2. The minimum absolute atomic E-state index is 0.0217. The number of amides is 4. The van der Waals surface area contributed by atoms with Crippen LogP contribution in [-0.4, -0.2) is 110 Å². The SMILES string of the molecule is O=C(O)CCC(NC(=O)NC(CCCCNC(=O)CCCCCCC(=O)NCCCCCN(CC(=O)O)Cc1ccccn1)C(=O)O)C(=O)O. The number of rotatable bonds is 29. The molecule has 4 amide bonds. The van der Waals surface area contributed by atoms with E-state index in [1.807, 2.05) is 23.1 Å². The van der Waals surface area contributed by atoms with E-state index in [9.17, 15) is 43.8 Å². The number of aliphatic carboxylic acids is 4. The largest absolute Gasteiger partial charge is 0.481 e. The summed E-state index contributed by atoms with van der Waals surface area (Å²) in [5.74, 6) is -5.03. The molecule has 17 heteroatoms. The van der Waals surface area contributed by atoms with Crippen molar-refractivity contribution in [3.63, 3.8) is 0 Å². The van der Waals surface area contributed by atoms with Crippen molar-refractivity contribution in [3.05, 3.63) is 30.1 Å². The molecule has 0 aromatic carbocycles. The number of carboxylic acid groups (broad SMARTS) is 4. The van der Waals surface area contributed by atoms with E-state index in [4.69, 9.17) is 10.2 Å². The fourth-order valence-electron chi connectivity index (χ4n) is 4.93. The second-order valence-corrected chi connectivity index (χ2v) is 11.9. The van der Waals surface area contributed by atoms with Gasteiger partial charge in [0.15, 0.2) is 0 Å². The fourth-order valence-corrected chi connectivity index (χ4v) is 4.93. The highest BCUT2D eigenvalue weighted by atomic mass is 16.4. The van der Waals surface area contributed by atoms with Crippen LogP contribution in [0.3, 0.4) is 0 Å². The van der Waals surface area contributed by atoms with E-state index in [2.05, 4.69) is 26.3 Å². The van der Waals surface area contributed by atoms with Crippen molar-refractivity contribution in [2.45, 2.75) is 109 Å². The molecule has 1 rings (SSSR count). The van der Waals surface area contributed by atoms with Crippen LogP contribution >= 0.6 is 0 Å². The van der Waals surface area contributed by atoms with Crippen molar-refractivity contribution in [2.24, 2.45) is 0 Å². The van der Waals surface area contributed by atoms with E-state index in [-0.39, 0.29) is 31.2 Å². The lowest BCUT2D eigenvalue weighted by Crippen LogP contribution is -2.51. The Hall–Kier alpha value is -4.80. The van der Waals surface area contributed by atoms with Crippen LogP contribution in [0.5, 0.6) is 0 Å². The van der Waals surface area contributed by atoms with Gasteiger partial charge in [-0.25, -0.2) is 14.4 Å². The highest BCUT2D eigenvalue weighted by molar-refractivity contribution is 5.86. The highest BCUT2D eigenvalue weighted by Crippen LogP contribution is 2.08. The summed E-state index contributed by atoms with van der Waals surface area (Å²) < 4.78 is 0. The number of carboxylic acids is 4. The van der Waals surface area contributed by atoms with Gasteiger partial charge in [0, 0.05) is 45.1 Å². The Bertz CT molecular complexity index is 1220. The summed E-state index contributed by atoms with van der Waals surface area (Å²) in [7, 11) is 0. The molecule has 280 valence electrons. The number of hydrogen-bond donors (Lipinski definition) is 8. The summed E-state index contributed by atoms with van der Waals surface area (Å²) in [6.07, 6.45) is 7.86. The molecule has 0 radical (unpaired) electrons. The average molecular weight is 709 g/mol. The van der Waals surface area contributed by atoms with Gasteiger partial charge in [-0.05, 0) is 70.0 Å². The molecule has 17 nitrogen and oxygen atoms in total. The van der Waals surface area contributed by atoms with Crippen LogP contribution in [0.4, 0.5) is 4.79 Å². The molecule has 0 saturated carbocycles. The number of unbranched alkanes of at least 4 members (excludes halogenated alkanes) is 6. The van der Waals surface area contributed by atoms with Gasteiger partial charge in [0.2, 0.25) is 11.8 Å². The maximum absolute atomic E-state index is 12.1. The Labute approximate surface area is 291 Å². The highest BCUT2D eigenvalue weighted by Gasteiger charge is 2.24. The number of nitrogens with one attached hydrogen (secondary N) is 4. The van der Waals surface area contributed by atoms with Gasteiger partial charge in [-0.1, -0.05) is 25.3 Å². The first-order valence-electron chi connectivity index (χ1n) is 17.0. The zero-order chi connectivity index (χ0) is 37.1. The van der Waals surface area contributed by atoms with E-state index in [1.54, 1.807) is 6.20 Å². The van der Waals surface area contributed by atoms with Crippen LogP contribution in [0.2, 0.25) is 0 Å². The molecule has 1 aromatic rings. The number of carbonyl (C=O) groups is 7. The minimum Gasteiger partial charge on any atom is -0.481 e. The Balaban J connectivity index is 2.09. The summed E-state index contributed by atoms with van der Waals surface area (Å²) in [6.45, 7) is 1.92. The van der Waals surface area contributed by atoms with E-state index < -0.39 is 48.4 Å². The van der Waals surface area contributed by atoms with E-state index in [1.165, 1.54) is 0 Å². The third-order valence-electron chi connectivity index (χ3n) is 7.60. The molecule has 2 atom stereocenters. The minimum atomic E-state index is -1.48. The van der Waals surface area contributed by atoms with E-state index in [0.29, 0.717) is 64.7 Å². The van der Waals surface area contributed by atoms with Crippen LogP contribution in [0.1, 0.15) is 95.6 Å². The summed E-state index contributed by atoms with van der Waals surface area (Å²) in [5, 5.41) is 46.3. The molecule has 0 fully saturated rings. The Morgan fingerprint density at radius 1 is 0.640 bits per heavy atom. The smallest absolute Gasteiger partial charge is 0.326 e. The molecule has 2 unspecified atom stereocenters. The lowest BCUT2D eigenvalue weighted by atomic mass is 10.1. The summed E-state index contributed by atoms with van der Waals surface area (Å²) in [4.78, 5) is 86.9. The second-order valence-electron chi connectivity index (χ2n) is 11.9. The summed E-state index contributed by atoms with van der Waals surface area (Å²) >= 11 is 0. The molecule has 0 bridgehead atoms. The number of urea groups is 1. The molecule has 0 aliphatic carbocycles. The van der Waals surface area contributed by atoms with Crippen LogP contribution in [0, 0.1) is 0 Å². The Kier molecular flexibility index (Phi) is 22.6. The monoisotopic (exact) mass is 708 g/mol. The van der Waals surface area contributed by atoms with Gasteiger partial charge in [-0.2, -0.15) is 0 Å². The fraction of sp³-hybridized carbons (Fsp3) is 0.636. The average Bonchev–Trinajstić information content (AvgIpc) is 3.05. The first kappa shape index (κ1) is 43.2. The number of pyridine rings is 1. The molecular formula is C33H52N6O11. The van der Waals surface area contributed by atoms with Gasteiger partial charge >= 0.3 is 29.9 Å². The predicted octanol–water partition coefficient (Wildman–Crippen LogP) is 1.95. The maximum Gasteiger partial charge on any atom is 0.326 e. The number of hydrogen-bond acceptors (Lipinski definition) is 9. The summed E-state index contributed by atoms with van der Waals surface area (Å²) in [6, 6.07) is 1.74. The first-order chi connectivity index (χ1) is 23.9. The third-order valence-corrected chi connectivity index (χ3v) is 7.60. The normalized spacial score (nSPS) is 12.0.